The molecule has 0 aliphatic rings. The minimum Gasteiger partial charge on any atom is -0.356 e. The molecule has 0 aliphatic heterocycles. The number of halogens is 1. The largest absolute Gasteiger partial charge is 0.356 e. The Hall–Kier alpha value is -1.39. The fourth-order valence-electron chi connectivity index (χ4n) is 2.32. The van der Waals surface area contributed by atoms with Gasteiger partial charge in [-0.1, -0.05) is 45.8 Å². The molecule has 0 amide bonds. The zero-order chi connectivity index (χ0) is 15.4. The normalized spacial score (nSPS) is 11.8. The van der Waals surface area contributed by atoms with Crippen LogP contribution in [0.25, 0.3) is 0 Å². The van der Waals surface area contributed by atoms with E-state index in [2.05, 4.69) is 65.5 Å². The molecular formula is C17H19BrN2S. The zero-order valence-corrected chi connectivity index (χ0v) is 14.8. The number of hydrogen-bond acceptors (Lipinski definition) is 1. The van der Waals surface area contributed by atoms with Gasteiger partial charge >= 0.3 is 0 Å². The van der Waals surface area contributed by atoms with Crippen molar-refractivity contribution in [3.05, 3.63) is 63.6 Å². The second-order valence-corrected chi connectivity index (χ2v) is 6.51. The highest BCUT2D eigenvalue weighted by atomic mass is 79.9. The Morgan fingerprint density at radius 3 is 2.57 bits per heavy atom. The monoisotopic (exact) mass is 362 g/mol. The van der Waals surface area contributed by atoms with Gasteiger partial charge in [0.25, 0.3) is 0 Å². The van der Waals surface area contributed by atoms with E-state index in [9.17, 15) is 0 Å². The summed E-state index contributed by atoms with van der Waals surface area (Å²) in [6, 6.07) is 14.6. The average Bonchev–Trinajstić information content (AvgIpc) is 2.38. The van der Waals surface area contributed by atoms with E-state index in [1.165, 1.54) is 16.7 Å². The van der Waals surface area contributed by atoms with Crippen molar-refractivity contribution in [2.24, 2.45) is 0 Å². The van der Waals surface area contributed by atoms with Gasteiger partial charge in [0.05, 0.1) is 6.04 Å². The fraction of sp³-hybridized carbons (Fsp3) is 0.235. The number of rotatable bonds is 3. The molecule has 0 saturated carbocycles. The lowest BCUT2D eigenvalue weighted by Crippen LogP contribution is -2.31. The number of hydrogen-bond donors (Lipinski definition) is 2. The van der Waals surface area contributed by atoms with E-state index in [0.29, 0.717) is 5.11 Å². The summed E-state index contributed by atoms with van der Waals surface area (Å²) in [5.41, 5.74) is 4.78. The first-order chi connectivity index (χ1) is 9.95. The molecule has 2 N–H and O–H groups in total. The van der Waals surface area contributed by atoms with Crippen molar-refractivity contribution in [2.75, 3.05) is 5.32 Å². The first kappa shape index (κ1) is 16.0. The van der Waals surface area contributed by atoms with Crippen LogP contribution in [0.15, 0.2) is 46.9 Å². The van der Waals surface area contributed by atoms with E-state index in [-0.39, 0.29) is 6.04 Å². The molecule has 0 aliphatic carbocycles. The summed E-state index contributed by atoms with van der Waals surface area (Å²) in [7, 11) is 0. The quantitative estimate of drug-likeness (QED) is 0.741. The topological polar surface area (TPSA) is 24.1 Å². The summed E-state index contributed by atoms with van der Waals surface area (Å²) in [5.74, 6) is 0. The maximum atomic E-state index is 5.39. The average molecular weight is 363 g/mol. The highest BCUT2D eigenvalue weighted by Gasteiger charge is 2.09. The maximum Gasteiger partial charge on any atom is 0.171 e. The Labute approximate surface area is 140 Å². The van der Waals surface area contributed by atoms with Gasteiger partial charge in [-0.05, 0) is 62.3 Å². The van der Waals surface area contributed by atoms with Crippen molar-refractivity contribution >= 4 is 38.9 Å². The van der Waals surface area contributed by atoms with Gasteiger partial charge in [-0.15, -0.1) is 0 Å². The molecule has 0 bridgehead atoms. The van der Waals surface area contributed by atoms with Gasteiger partial charge < -0.3 is 10.6 Å². The third kappa shape index (κ3) is 4.55. The van der Waals surface area contributed by atoms with Crippen molar-refractivity contribution in [1.82, 2.24) is 5.32 Å². The second-order valence-electron chi connectivity index (χ2n) is 5.19. The first-order valence-electron chi connectivity index (χ1n) is 6.86. The van der Waals surface area contributed by atoms with Crippen LogP contribution in [0.5, 0.6) is 0 Å². The van der Waals surface area contributed by atoms with Gasteiger partial charge in [0.15, 0.2) is 5.11 Å². The predicted molar refractivity (Wildman–Crippen MR) is 97.8 cm³/mol. The number of nitrogens with one attached hydrogen (secondary N) is 2. The molecule has 2 aromatic carbocycles. The van der Waals surface area contributed by atoms with Crippen LogP contribution in [0.3, 0.4) is 0 Å². The van der Waals surface area contributed by atoms with Gasteiger partial charge in [0.1, 0.15) is 0 Å². The molecule has 21 heavy (non-hydrogen) atoms. The summed E-state index contributed by atoms with van der Waals surface area (Å²) in [6.07, 6.45) is 0. The molecule has 0 saturated heterocycles. The number of aryl methyl sites for hydroxylation is 2. The molecule has 1 atom stereocenters. The Bertz CT molecular complexity index is 655. The van der Waals surface area contributed by atoms with E-state index in [4.69, 9.17) is 12.2 Å². The highest BCUT2D eigenvalue weighted by Crippen LogP contribution is 2.19. The Morgan fingerprint density at radius 2 is 1.90 bits per heavy atom. The molecule has 0 heterocycles. The van der Waals surface area contributed by atoms with E-state index in [1.807, 2.05) is 24.3 Å². The maximum absolute atomic E-state index is 5.39. The lowest BCUT2D eigenvalue weighted by molar-refractivity contribution is 0.717. The molecule has 0 spiro atoms. The smallest absolute Gasteiger partial charge is 0.171 e. The first-order valence-corrected chi connectivity index (χ1v) is 8.06. The minimum atomic E-state index is 0.165. The number of thiocarbonyl (C=S) groups is 1. The second kappa shape index (κ2) is 7.05. The molecular weight excluding hydrogens is 344 g/mol. The Kier molecular flexibility index (Phi) is 5.37. The molecule has 4 heteroatoms. The Morgan fingerprint density at radius 1 is 1.14 bits per heavy atom. The molecule has 0 aromatic heterocycles. The van der Waals surface area contributed by atoms with Crippen LogP contribution in [-0.4, -0.2) is 5.11 Å². The number of benzene rings is 2. The van der Waals surface area contributed by atoms with Crippen molar-refractivity contribution in [3.63, 3.8) is 0 Å². The summed E-state index contributed by atoms with van der Waals surface area (Å²) in [6.45, 7) is 6.35. The van der Waals surface area contributed by atoms with Gasteiger partial charge in [-0.2, -0.15) is 0 Å². The van der Waals surface area contributed by atoms with Crippen LogP contribution in [0.4, 0.5) is 5.69 Å². The van der Waals surface area contributed by atoms with Crippen molar-refractivity contribution in [2.45, 2.75) is 26.8 Å². The van der Waals surface area contributed by atoms with Crippen LogP contribution in [0, 0.1) is 13.8 Å². The van der Waals surface area contributed by atoms with Gasteiger partial charge in [-0.25, -0.2) is 0 Å². The van der Waals surface area contributed by atoms with Crippen LogP contribution in [-0.2, 0) is 0 Å². The lowest BCUT2D eigenvalue weighted by atomic mass is 10.0. The van der Waals surface area contributed by atoms with E-state index in [1.54, 1.807) is 0 Å². The van der Waals surface area contributed by atoms with Crippen molar-refractivity contribution < 1.29 is 0 Å². The van der Waals surface area contributed by atoms with E-state index < -0.39 is 0 Å². The van der Waals surface area contributed by atoms with Crippen molar-refractivity contribution in [1.29, 1.82) is 0 Å². The van der Waals surface area contributed by atoms with Crippen LogP contribution in [0.1, 0.15) is 29.7 Å². The fourth-order valence-corrected chi connectivity index (χ4v) is 3.01. The molecule has 1 unspecified atom stereocenters. The van der Waals surface area contributed by atoms with Gasteiger partial charge in [0.2, 0.25) is 0 Å². The molecule has 2 aromatic rings. The van der Waals surface area contributed by atoms with Crippen LogP contribution >= 0.6 is 28.1 Å². The summed E-state index contributed by atoms with van der Waals surface area (Å²) in [5, 5.41) is 7.16. The Balaban J connectivity index is 2.02. The lowest BCUT2D eigenvalue weighted by Gasteiger charge is -2.19. The molecule has 0 fully saturated rings. The summed E-state index contributed by atoms with van der Waals surface area (Å²) < 4.78 is 1.03. The third-order valence-electron chi connectivity index (χ3n) is 3.32. The molecule has 0 radical (unpaired) electrons. The summed E-state index contributed by atoms with van der Waals surface area (Å²) >= 11 is 8.84. The molecule has 110 valence electrons. The van der Waals surface area contributed by atoms with E-state index in [0.717, 1.165) is 10.2 Å². The van der Waals surface area contributed by atoms with Gasteiger partial charge in [-0.3, -0.25) is 0 Å². The SMILES string of the molecule is Cc1ccc(C(C)NC(=S)Nc2cccc(Br)c2)c(C)c1. The predicted octanol–water partition coefficient (Wildman–Crippen LogP) is 5.11. The summed E-state index contributed by atoms with van der Waals surface area (Å²) in [4.78, 5) is 0. The van der Waals surface area contributed by atoms with E-state index >= 15 is 0 Å². The number of anilines is 1. The highest BCUT2D eigenvalue weighted by molar-refractivity contribution is 9.10. The minimum absolute atomic E-state index is 0.165. The molecule has 2 rings (SSSR count). The standard InChI is InChI=1S/C17H19BrN2S/c1-11-7-8-16(12(2)9-11)13(3)19-17(21)20-15-6-4-5-14(18)10-15/h4-10,13H,1-3H3,(H2,19,20,21). The van der Waals surface area contributed by atoms with Crippen LogP contribution < -0.4 is 10.6 Å². The molecule has 2 nitrogen and oxygen atoms in total. The van der Waals surface area contributed by atoms with Gasteiger partial charge in [0, 0.05) is 10.2 Å². The zero-order valence-electron chi connectivity index (χ0n) is 12.4. The third-order valence-corrected chi connectivity index (χ3v) is 4.04. The van der Waals surface area contributed by atoms with Crippen LogP contribution in [0.2, 0.25) is 0 Å². The van der Waals surface area contributed by atoms with Crippen molar-refractivity contribution in [3.8, 4) is 0 Å².